The number of hydrogen-bond donors (Lipinski definition) is 1. The molecule has 1 aromatic carbocycles. The topological polar surface area (TPSA) is 92.2 Å². The molecule has 8 nitrogen and oxygen atoms in total. The molecular weight excluding hydrogens is 530 g/mol. The zero-order valence-electron chi connectivity index (χ0n) is 18.7. The molecule has 6 rings (SSSR count). The SMILES string of the molecule is O=C(N=Nc1c(O)n(CN2C[C@@H]3C[C@H](C2)c2cccc(=O)n2C3)c2ccc(Br)cc12)c1cccs1. The van der Waals surface area contributed by atoms with Crippen LogP contribution in [-0.4, -0.2) is 38.1 Å². The molecule has 2 aliphatic rings. The first-order chi connectivity index (χ1) is 17.0. The summed E-state index contributed by atoms with van der Waals surface area (Å²) in [5, 5.41) is 21.8. The molecule has 5 heterocycles. The van der Waals surface area contributed by atoms with Gasteiger partial charge in [-0.3, -0.25) is 19.1 Å². The number of likely N-dealkylation sites (tertiary alicyclic amines) is 1. The number of piperidine rings is 1. The molecule has 0 spiro atoms. The molecule has 0 radical (unpaired) electrons. The van der Waals surface area contributed by atoms with E-state index in [1.165, 1.54) is 11.3 Å². The van der Waals surface area contributed by atoms with Crippen molar-refractivity contribution in [2.24, 2.45) is 16.1 Å². The highest BCUT2D eigenvalue weighted by molar-refractivity contribution is 9.10. The van der Waals surface area contributed by atoms with Gasteiger partial charge in [0.1, 0.15) is 0 Å². The molecule has 1 N–H and O–H groups in total. The van der Waals surface area contributed by atoms with Crippen LogP contribution in [0.3, 0.4) is 0 Å². The standard InChI is InChI=1S/C25H22BrN5O3S/c26-17-6-7-20-18(10-17)23(27-28-24(33)21-4-2-8-35-21)25(34)31(20)14-29-11-15-9-16(13-29)19-3-1-5-22(32)30(19)12-15/h1-8,10,15-16,34H,9,11-14H2/t15-,16+/m0/s1. The minimum atomic E-state index is -0.437. The number of hydrogen-bond acceptors (Lipinski definition) is 6. The molecule has 10 heteroatoms. The molecular formula is C25H22BrN5O3S. The van der Waals surface area contributed by atoms with Crippen molar-refractivity contribution in [3.05, 3.63) is 79.3 Å². The average Bonchev–Trinajstić information content (AvgIpc) is 3.46. The highest BCUT2D eigenvalue weighted by Crippen LogP contribution is 2.41. The summed E-state index contributed by atoms with van der Waals surface area (Å²) < 4.78 is 4.59. The lowest BCUT2D eigenvalue weighted by molar-refractivity contribution is 0.0922. The van der Waals surface area contributed by atoms with Gasteiger partial charge in [-0.15, -0.1) is 21.6 Å². The number of rotatable bonds is 4. The fourth-order valence-corrected chi connectivity index (χ4v) is 6.36. The molecule has 2 aliphatic heterocycles. The quantitative estimate of drug-likeness (QED) is 0.347. The normalized spacial score (nSPS) is 19.9. The van der Waals surface area contributed by atoms with Crippen molar-refractivity contribution in [3.63, 3.8) is 0 Å². The van der Waals surface area contributed by atoms with Crippen LogP contribution in [0.5, 0.6) is 5.88 Å². The van der Waals surface area contributed by atoms with Crippen LogP contribution in [0.25, 0.3) is 10.9 Å². The van der Waals surface area contributed by atoms with Gasteiger partial charge in [-0.1, -0.05) is 28.1 Å². The monoisotopic (exact) mass is 551 g/mol. The summed E-state index contributed by atoms with van der Waals surface area (Å²) in [6.45, 7) is 2.82. The molecule has 1 amide bonds. The molecule has 0 saturated carbocycles. The second-order valence-corrected chi connectivity index (χ2v) is 11.0. The van der Waals surface area contributed by atoms with E-state index < -0.39 is 5.91 Å². The predicted molar refractivity (Wildman–Crippen MR) is 138 cm³/mol. The van der Waals surface area contributed by atoms with Crippen LogP contribution < -0.4 is 5.56 Å². The summed E-state index contributed by atoms with van der Waals surface area (Å²) in [6.07, 6.45) is 1.07. The lowest BCUT2D eigenvalue weighted by Crippen LogP contribution is -2.47. The highest BCUT2D eigenvalue weighted by atomic mass is 79.9. The molecule has 1 saturated heterocycles. The Kier molecular flexibility index (Phi) is 5.66. The molecule has 3 aromatic heterocycles. The van der Waals surface area contributed by atoms with Gasteiger partial charge in [-0.05, 0) is 48.1 Å². The van der Waals surface area contributed by atoms with E-state index >= 15 is 0 Å². The number of pyridine rings is 1. The van der Waals surface area contributed by atoms with E-state index in [-0.39, 0.29) is 23.0 Å². The van der Waals surface area contributed by atoms with Crippen LogP contribution in [0.2, 0.25) is 0 Å². The summed E-state index contributed by atoms with van der Waals surface area (Å²) in [4.78, 5) is 27.5. The predicted octanol–water partition coefficient (Wildman–Crippen LogP) is 5.33. The molecule has 2 bridgehead atoms. The molecule has 0 unspecified atom stereocenters. The Morgan fingerprint density at radius 1 is 1.14 bits per heavy atom. The zero-order chi connectivity index (χ0) is 24.1. The van der Waals surface area contributed by atoms with Gasteiger partial charge >= 0.3 is 5.91 Å². The fraction of sp³-hybridized carbons (Fsp3) is 0.280. The maximum atomic E-state index is 12.4. The van der Waals surface area contributed by atoms with Crippen LogP contribution in [0.1, 0.15) is 27.7 Å². The first kappa shape index (κ1) is 22.4. The molecule has 178 valence electrons. The molecule has 0 aliphatic carbocycles. The summed E-state index contributed by atoms with van der Waals surface area (Å²) in [6, 6.07) is 14.7. The number of carbonyl (C=O) groups is 1. The largest absolute Gasteiger partial charge is 0.493 e. The second-order valence-electron chi connectivity index (χ2n) is 9.12. The van der Waals surface area contributed by atoms with E-state index in [0.29, 0.717) is 22.8 Å². The van der Waals surface area contributed by atoms with E-state index in [4.69, 9.17) is 0 Å². The summed E-state index contributed by atoms with van der Waals surface area (Å²) in [5.41, 5.74) is 2.25. The smallest absolute Gasteiger partial charge is 0.305 e. The first-order valence-corrected chi connectivity index (χ1v) is 13.1. The van der Waals surface area contributed by atoms with Crippen LogP contribution in [0.4, 0.5) is 5.69 Å². The Labute approximate surface area is 213 Å². The van der Waals surface area contributed by atoms with Crippen molar-refractivity contribution in [1.82, 2.24) is 14.0 Å². The Balaban J connectivity index is 1.33. The van der Waals surface area contributed by atoms with Crippen LogP contribution in [0.15, 0.2) is 73.4 Å². The van der Waals surface area contributed by atoms with Gasteiger partial charge in [0, 0.05) is 47.2 Å². The van der Waals surface area contributed by atoms with Crippen molar-refractivity contribution in [2.45, 2.75) is 25.6 Å². The summed E-state index contributed by atoms with van der Waals surface area (Å²) in [5.74, 6) is 0.195. The van der Waals surface area contributed by atoms with Gasteiger partial charge in [0.2, 0.25) is 5.88 Å². The summed E-state index contributed by atoms with van der Waals surface area (Å²) >= 11 is 4.80. The highest BCUT2D eigenvalue weighted by Gasteiger charge is 2.35. The van der Waals surface area contributed by atoms with Gasteiger partial charge in [-0.25, -0.2) is 0 Å². The number of aromatic hydroxyl groups is 1. The number of benzene rings is 1. The molecule has 4 aromatic rings. The second kappa shape index (κ2) is 8.85. The van der Waals surface area contributed by atoms with Gasteiger partial charge in [0.15, 0.2) is 5.69 Å². The van der Waals surface area contributed by atoms with E-state index in [2.05, 4.69) is 37.1 Å². The Morgan fingerprint density at radius 3 is 2.86 bits per heavy atom. The number of halogens is 1. The van der Waals surface area contributed by atoms with Gasteiger partial charge in [0.05, 0.1) is 17.1 Å². The van der Waals surface area contributed by atoms with E-state index in [0.717, 1.165) is 41.7 Å². The van der Waals surface area contributed by atoms with Crippen molar-refractivity contribution in [2.75, 3.05) is 13.1 Å². The van der Waals surface area contributed by atoms with Gasteiger partial charge < -0.3 is 9.67 Å². The Hall–Kier alpha value is -3.08. The number of fused-ring (bicyclic) bond motifs is 5. The Bertz CT molecular complexity index is 1520. The number of amides is 1. The van der Waals surface area contributed by atoms with Crippen molar-refractivity contribution in [3.8, 4) is 5.88 Å². The maximum absolute atomic E-state index is 12.4. The van der Waals surface area contributed by atoms with Gasteiger partial charge in [0.25, 0.3) is 5.56 Å². The third kappa shape index (κ3) is 4.05. The maximum Gasteiger partial charge on any atom is 0.305 e. The molecule has 1 fully saturated rings. The van der Waals surface area contributed by atoms with Gasteiger partial charge in [-0.2, -0.15) is 0 Å². The number of carbonyl (C=O) groups excluding carboxylic acids is 1. The first-order valence-electron chi connectivity index (χ1n) is 11.4. The zero-order valence-corrected chi connectivity index (χ0v) is 21.1. The van der Waals surface area contributed by atoms with E-state index in [1.54, 1.807) is 18.2 Å². The number of nitrogens with zero attached hydrogens (tertiary/aromatic N) is 5. The number of aromatic nitrogens is 2. The van der Waals surface area contributed by atoms with E-state index in [9.17, 15) is 14.7 Å². The van der Waals surface area contributed by atoms with Crippen LogP contribution in [0, 0.1) is 5.92 Å². The van der Waals surface area contributed by atoms with Crippen molar-refractivity contribution >= 4 is 49.8 Å². The number of thiophene rings is 1. The van der Waals surface area contributed by atoms with Crippen molar-refractivity contribution in [1.29, 1.82) is 0 Å². The third-order valence-electron chi connectivity index (χ3n) is 6.84. The average molecular weight is 552 g/mol. The van der Waals surface area contributed by atoms with Crippen molar-refractivity contribution < 1.29 is 9.90 Å². The lowest BCUT2D eigenvalue weighted by Gasteiger charge is -2.42. The van der Waals surface area contributed by atoms with Crippen LogP contribution in [-0.2, 0) is 13.2 Å². The van der Waals surface area contributed by atoms with Crippen LogP contribution >= 0.6 is 27.3 Å². The molecule has 35 heavy (non-hydrogen) atoms. The lowest BCUT2D eigenvalue weighted by atomic mass is 9.83. The minimum absolute atomic E-state index is 0.0202. The molecule has 2 atom stereocenters. The third-order valence-corrected chi connectivity index (χ3v) is 8.19. The summed E-state index contributed by atoms with van der Waals surface area (Å²) in [7, 11) is 0. The van der Waals surface area contributed by atoms with E-state index in [1.807, 2.05) is 38.8 Å². The number of azo groups is 1. The minimum Gasteiger partial charge on any atom is -0.493 e. The Morgan fingerprint density at radius 2 is 2.03 bits per heavy atom. The fourth-order valence-electron chi connectivity index (χ4n) is 5.39.